The molecule has 0 unspecified atom stereocenters. The second kappa shape index (κ2) is 6.32. The molecule has 1 aromatic rings. The zero-order chi connectivity index (χ0) is 18.6. The van der Waals surface area contributed by atoms with Gasteiger partial charge in [0.2, 0.25) is 5.79 Å². The van der Waals surface area contributed by atoms with E-state index in [1.807, 2.05) is 37.3 Å². The molecule has 8 atom stereocenters. The fourth-order valence-electron chi connectivity index (χ4n) is 5.75. The second-order valence-electron chi connectivity index (χ2n) is 8.96. The molecule has 4 saturated heterocycles. The van der Waals surface area contributed by atoms with Gasteiger partial charge in [0, 0.05) is 17.9 Å². The van der Waals surface area contributed by atoms with Crippen molar-refractivity contribution in [3.8, 4) is 11.8 Å². The minimum atomic E-state index is -0.727. The summed E-state index contributed by atoms with van der Waals surface area (Å²) in [5.74, 6) is 7.51. The van der Waals surface area contributed by atoms with Crippen LogP contribution in [-0.2, 0) is 19.2 Å². The fraction of sp³-hybridized carbons (Fsp3) is 0.652. The van der Waals surface area contributed by atoms with Gasteiger partial charge in [-0.25, -0.2) is 9.78 Å². The van der Waals surface area contributed by atoms with Crippen molar-refractivity contribution in [1.29, 1.82) is 0 Å². The highest BCUT2D eigenvalue weighted by Crippen LogP contribution is 2.60. The molecule has 0 radical (unpaired) electrons. The van der Waals surface area contributed by atoms with Crippen LogP contribution in [0.2, 0.25) is 0 Å². The van der Waals surface area contributed by atoms with Gasteiger partial charge in [-0.3, -0.25) is 0 Å². The molecule has 2 bridgehead atoms. The molecule has 0 aromatic heterocycles. The van der Waals surface area contributed by atoms with Crippen LogP contribution in [0.25, 0.3) is 0 Å². The van der Waals surface area contributed by atoms with Crippen LogP contribution in [0.15, 0.2) is 30.3 Å². The quantitative estimate of drug-likeness (QED) is 0.506. The molecule has 4 heterocycles. The zero-order valence-electron chi connectivity index (χ0n) is 16.3. The first-order chi connectivity index (χ1) is 13.0. The standard InChI is InChI=1S/C23H28O4/c1-15-9-11-19-16(2)20(12-10-17-7-5-4-6-8-17)24-21-23(19)18(15)13-14-22(3,25-21)26-27-23/h4-8,15-16,18-21H,9,11,13-14H2,1-3H3/t15-,16-,18+,19+,20-,21-,22-,23-/m1/s1. The number of fused-ring (bicyclic) bond motifs is 2. The lowest BCUT2D eigenvalue weighted by Gasteiger charge is -2.59. The Kier molecular flexibility index (Phi) is 4.14. The Labute approximate surface area is 161 Å². The molecule has 6 rings (SSSR count). The zero-order valence-corrected chi connectivity index (χ0v) is 16.3. The molecule has 1 spiro atoms. The first-order valence-corrected chi connectivity index (χ1v) is 10.3. The van der Waals surface area contributed by atoms with E-state index in [0.29, 0.717) is 17.8 Å². The van der Waals surface area contributed by atoms with Crippen molar-refractivity contribution in [2.24, 2.45) is 23.7 Å². The Bertz CT molecular complexity index is 768. The second-order valence-corrected chi connectivity index (χ2v) is 8.96. The number of hydrogen-bond donors (Lipinski definition) is 0. The van der Waals surface area contributed by atoms with E-state index in [-0.39, 0.29) is 12.0 Å². The lowest BCUT2D eigenvalue weighted by atomic mass is 9.57. The summed E-state index contributed by atoms with van der Waals surface area (Å²) >= 11 is 0. The third kappa shape index (κ3) is 2.68. The van der Waals surface area contributed by atoms with E-state index in [0.717, 1.165) is 24.8 Å². The summed E-state index contributed by atoms with van der Waals surface area (Å²) in [6, 6.07) is 10.1. The topological polar surface area (TPSA) is 36.9 Å². The lowest BCUT2D eigenvalue weighted by Crippen LogP contribution is -2.70. The summed E-state index contributed by atoms with van der Waals surface area (Å²) in [6.45, 7) is 6.54. The summed E-state index contributed by atoms with van der Waals surface area (Å²) in [6.07, 6.45) is 3.64. The Balaban J connectivity index is 1.51. The minimum absolute atomic E-state index is 0.161. The van der Waals surface area contributed by atoms with Crippen molar-refractivity contribution in [3.63, 3.8) is 0 Å². The fourth-order valence-corrected chi connectivity index (χ4v) is 5.75. The molecule has 0 N–H and O–H groups in total. The number of rotatable bonds is 0. The van der Waals surface area contributed by atoms with Gasteiger partial charge >= 0.3 is 0 Å². The maximum absolute atomic E-state index is 6.48. The van der Waals surface area contributed by atoms with Crippen LogP contribution in [0, 0.1) is 35.5 Å². The minimum Gasteiger partial charge on any atom is -0.333 e. The molecule has 27 heavy (non-hydrogen) atoms. The smallest absolute Gasteiger partial charge is 0.201 e. The Morgan fingerprint density at radius 1 is 1.00 bits per heavy atom. The van der Waals surface area contributed by atoms with Crippen LogP contribution >= 0.6 is 0 Å². The van der Waals surface area contributed by atoms with E-state index in [9.17, 15) is 0 Å². The van der Waals surface area contributed by atoms with Gasteiger partial charge in [-0.05, 0) is 56.1 Å². The first-order valence-electron chi connectivity index (χ1n) is 10.3. The molecule has 4 heteroatoms. The predicted molar refractivity (Wildman–Crippen MR) is 100 cm³/mol. The molecule has 1 aliphatic carbocycles. The molecule has 144 valence electrons. The molecular formula is C23H28O4. The summed E-state index contributed by atoms with van der Waals surface area (Å²) in [5, 5.41) is 0. The van der Waals surface area contributed by atoms with Crippen molar-refractivity contribution in [3.05, 3.63) is 35.9 Å². The number of benzene rings is 1. The van der Waals surface area contributed by atoms with E-state index < -0.39 is 17.7 Å². The Hall–Kier alpha value is -1.38. The van der Waals surface area contributed by atoms with Crippen LogP contribution in [0.4, 0.5) is 0 Å². The average Bonchev–Trinajstić information content (AvgIpc) is 2.90. The first kappa shape index (κ1) is 17.7. The van der Waals surface area contributed by atoms with Crippen LogP contribution in [-0.4, -0.2) is 23.8 Å². The van der Waals surface area contributed by atoms with Gasteiger partial charge in [0.05, 0.1) is 0 Å². The van der Waals surface area contributed by atoms with Crippen molar-refractivity contribution in [2.75, 3.05) is 0 Å². The van der Waals surface area contributed by atoms with E-state index in [1.165, 1.54) is 6.42 Å². The maximum Gasteiger partial charge on any atom is 0.201 e. The van der Waals surface area contributed by atoms with Gasteiger partial charge in [0.15, 0.2) is 11.9 Å². The molecule has 1 aromatic carbocycles. The molecule has 1 saturated carbocycles. The summed E-state index contributed by atoms with van der Waals surface area (Å²) in [4.78, 5) is 12.0. The number of ether oxygens (including phenoxy) is 2. The largest absolute Gasteiger partial charge is 0.333 e. The Morgan fingerprint density at radius 2 is 1.81 bits per heavy atom. The molecule has 0 amide bonds. The van der Waals surface area contributed by atoms with E-state index in [4.69, 9.17) is 19.2 Å². The van der Waals surface area contributed by atoms with Gasteiger partial charge in [-0.1, -0.05) is 43.9 Å². The summed E-state index contributed by atoms with van der Waals surface area (Å²) in [5.41, 5.74) is 0.511. The molecule has 4 nitrogen and oxygen atoms in total. The van der Waals surface area contributed by atoms with Crippen molar-refractivity contribution in [2.45, 2.75) is 70.2 Å². The van der Waals surface area contributed by atoms with E-state index in [2.05, 4.69) is 25.7 Å². The van der Waals surface area contributed by atoms with E-state index in [1.54, 1.807) is 0 Å². The third-order valence-corrected chi connectivity index (χ3v) is 7.29. The lowest BCUT2D eigenvalue weighted by molar-refractivity contribution is -0.569. The van der Waals surface area contributed by atoms with Gasteiger partial charge in [0.25, 0.3) is 0 Å². The monoisotopic (exact) mass is 368 g/mol. The summed E-state index contributed by atoms with van der Waals surface area (Å²) in [7, 11) is 0. The maximum atomic E-state index is 6.48. The van der Waals surface area contributed by atoms with Crippen LogP contribution in [0.1, 0.15) is 52.0 Å². The third-order valence-electron chi connectivity index (χ3n) is 7.29. The predicted octanol–water partition coefficient (Wildman–Crippen LogP) is 4.29. The van der Waals surface area contributed by atoms with Crippen molar-refractivity contribution in [1.82, 2.24) is 0 Å². The van der Waals surface area contributed by atoms with Crippen LogP contribution in [0.5, 0.6) is 0 Å². The van der Waals surface area contributed by atoms with Crippen molar-refractivity contribution < 1.29 is 19.2 Å². The molecule has 5 fully saturated rings. The number of hydrogen-bond acceptors (Lipinski definition) is 4. The molecule has 5 aliphatic rings. The summed E-state index contributed by atoms with van der Waals surface area (Å²) < 4.78 is 12.8. The van der Waals surface area contributed by atoms with Crippen LogP contribution in [0.3, 0.4) is 0 Å². The van der Waals surface area contributed by atoms with Gasteiger partial charge in [-0.15, -0.1) is 0 Å². The highest BCUT2D eigenvalue weighted by molar-refractivity contribution is 5.35. The normalized spacial score (nSPS) is 48.1. The SMILES string of the molecule is C[C@H]1[C@@H](C#Cc2ccccc2)O[C@@H]2O[C@@]3(C)CC[C@H]4[C@H](C)CC[C@@H]1[C@@]24OO3. The van der Waals surface area contributed by atoms with E-state index >= 15 is 0 Å². The Morgan fingerprint density at radius 3 is 2.63 bits per heavy atom. The van der Waals surface area contributed by atoms with Gasteiger partial charge in [-0.2, -0.15) is 0 Å². The van der Waals surface area contributed by atoms with Crippen LogP contribution < -0.4 is 0 Å². The molecule has 4 aliphatic heterocycles. The highest BCUT2D eigenvalue weighted by atomic mass is 17.3. The van der Waals surface area contributed by atoms with Crippen molar-refractivity contribution >= 4 is 0 Å². The van der Waals surface area contributed by atoms with Gasteiger partial charge in [0.1, 0.15) is 6.10 Å². The van der Waals surface area contributed by atoms with Gasteiger partial charge < -0.3 is 9.47 Å². The highest BCUT2D eigenvalue weighted by Gasteiger charge is 2.69. The molecular weight excluding hydrogens is 340 g/mol. The average molecular weight is 368 g/mol.